The number of rotatable bonds is 8. The van der Waals surface area contributed by atoms with E-state index in [9.17, 15) is 4.79 Å². The topological polar surface area (TPSA) is 73.6 Å². The van der Waals surface area contributed by atoms with Crippen LogP contribution in [0.25, 0.3) is 0 Å². The van der Waals surface area contributed by atoms with E-state index in [0.29, 0.717) is 24.7 Å². The molecule has 0 heterocycles. The summed E-state index contributed by atoms with van der Waals surface area (Å²) in [7, 11) is 1.60. The summed E-state index contributed by atoms with van der Waals surface area (Å²) in [5.41, 5.74) is 5.55. The largest absolute Gasteiger partial charge is 0.493 e. The number of nitrogens with two attached hydrogens (primary N) is 1. The Kier molecular flexibility index (Phi) is 6.48. The van der Waals surface area contributed by atoms with Crippen molar-refractivity contribution >= 4 is 21.8 Å². The van der Waals surface area contributed by atoms with Crippen LogP contribution in [0.15, 0.2) is 16.6 Å². The van der Waals surface area contributed by atoms with Gasteiger partial charge in [-0.25, -0.2) is 0 Å². The predicted molar refractivity (Wildman–Crippen MR) is 86.6 cm³/mol. The van der Waals surface area contributed by atoms with Crippen molar-refractivity contribution < 1.29 is 14.3 Å². The van der Waals surface area contributed by atoms with Crippen LogP contribution < -0.4 is 20.5 Å². The lowest BCUT2D eigenvalue weighted by atomic mass is 10.0. The quantitative estimate of drug-likeness (QED) is 0.748. The molecule has 1 aromatic rings. The number of carbonyl (C=O) groups is 1. The summed E-state index contributed by atoms with van der Waals surface area (Å²) in [6.45, 7) is 6.67. The molecule has 0 atom stereocenters. The van der Waals surface area contributed by atoms with Crippen molar-refractivity contribution in [1.82, 2.24) is 5.32 Å². The second-order valence-corrected chi connectivity index (χ2v) is 6.15. The number of primary amides is 1. The molecule has 21 heavy (non-hydrogen) atoms. The fraction of sp³-hybridized carbons (Fsp3) is 0.533. The van der Waals surface area contributed by atoms with Crippen LogP contribution in [0.5, 0.6) is 11.5 Å². The third-order valence-electron chi connectivity index (χ3n) is 3.09. The molecule has 0 unspecified atom stereocenters. The fourth-order valence-electron chi connectivity index (χ4n) is 1.63. The summed E-state index contributed by atoms with van der Waals surface area (Å²) in [4.78, 5) is 11.3. The normalized spacial score (nSPS) is 11.3. The van der Waals surface area contributed by atoms with Gasteiger partial charge in [0.2, 0.25) is 5.91 Å². The van der Waals surface area contributed by atoms with Crippen molar-refractivity contribution in [2.45, 2.75) is 39.3 Å². The molecule has 0 spiro atoms. The van der Waals surface area contributed by atoms with Crippen LogP contribution in [-0.4, -0.2) is 25.2 Å². The van der Waals surface area contributed by atoms with Gasteiger partial charge < -0.3 is 15.2 Å². The number of carbonyl (C=O) groups excluding carboxylic acids is 1. The molecule has 0 saturated carbocycles. The van der Waals surface area contributed by atoms with Crippen molar-refractivity contribution in [1.29, 1.82) is 0 Å². The average Bonchev–Trinajstić information content (AvgIpc) is 2.43. The first-order valence-electron chi connectivity index (χ1n) is 6.86. The Morgan fingerprint density at radius 2 is 2.10 bits per heavy atom. The summed E-state index contributed by atoms with van der Waals surface area (Å²) >= 11 is 3.49. The summed E-state index contributed by atoms with van der Waals surface area (Å²) in [5.74, 6) is 0.959. The number of hydrogen-bond donors (Lipinski definition) is 2. The molecule has 5 nitrogen and oxygen atoms in total. The molecule has 1 rings (SSSR count). The Labute approximate surface area is 134 Å². The Bertz CT molecular complexity index is 504. The van der Waals surface area contributed by atoms with Crippen LogP contribution in [0.2, 0.25) is 0 Å². The number of nitrogens with one attached hydrogen (secondary N) is 1. The molecule has 3 N–H and O–H groups in total. The van der Waals surface area contributed by atoms with Crippen LogP contribution in [0, 0.1) is 0 Å². The number of hydrogen-bond acceptors (Lipinski definition) is 4. The van der Waals surface area contributed by atoms with E-state index >= 15 is 0 Å². The second-order valence-electron chi connectivity index (χ2n) is 5.30. The minimum absolute atomic E-state index is 0.392. The van der Waals surface area contributed by atoms with Crippen molar-refractivity contribution in [3.8, 4) is 11.5 Å². The molecular weight excluding hydrogens is 336 g/mol. The molecule has 0 fully saturated rings. The minimum Gasteiger partial charge on any atom is -0.493 e. The molecule has 0 aliphatic carbocycles. The SMILES string of the molecule is CCCOc1c(Br)cc(CNC(C)(C)C(N)=O)cc1OC. The third-order valence-corrected chi connectivity index (χ3v) is 3.68. The fourth-order valence-corrected chi connectivity index (χ4v) is 2.23. The van der Waals surface area contributed by atoms with Crippen LogP contribution in [0.4, 0.5) is 0 Å². The van der Waals surface area contributed by atoms with Gasteiger partial charge in [0.25, 0.3) is 0 Å². The molecule has 0 aromatic heterocycles. The van der Waals surface area contributed by atoms with Gasteiger partial charge in [0, 0.05) is 6.54 Å². The van der Waals surface area contributed by atoms with Gasteiger partial charge in [-0.2, -0.15) is 0 Å². The predicted octanol–water partition coefficient (Wildman–Crippen LogP) is 2.60. The van der Waals surface area contributed by atoms with E-state index < -0.39 is 11.4 Å². The van der Waals surface area contributed by atoms with Gasteiger partial charge in [-0.1, -0.05) is 6.92 Å². The van der Waals surface area contributed by atoms with Gasteiger partial charge in [-0.15, -0.1) is 0 Å². The Morgan fingerprint density at radius 1 is 1.43 bits per heavy atom. The maximum Gasteiger partial charge on any atom is 0.237 e. The van der Waals surface area contributed by atoms with E-state index in [4.69, 9.17) is 15.2 Å². The highest BCUT2D eigenvalue weighted by Gasteiger charge is 2.24. The highest BCUT2D eigenvalue weighted by Crippen LogP contribution is 2.36. The van der Waals surface area contributed by atoms with Crippen LogP contribution in [0.1, 0.15) is 32.8 Å². The maximum atomic E-state index is 11.3. The number of benzene rings is 1. The zero-order valence-electron chi connectivity index (χ0n) is 13.0. The van der Waals surface area contributed by atoms with Gasteiger partial charge in [0.15, 0.2) is 11.5 Å². The monoisotopic (exact) mass is 358 g/mol. The molecule has 6 heteroatoms. The van der Waals surface area contributed by atoms with E-state index in [1.807, 2.05) is 19.1 Å². The van der Waals surface area contributed by atoms with Crippen molar-refractivity contribution in [3.05, 3.63) is 22.2 Å². The number of ether oxygens (including phenoxy) is 2. The molecule has 0 aliphatic heterocycles. The average molecular weight is 359 g/mol. The molecule has 1 amide bonds. The lowest BCUT2D eigenvalue weighted by molar-refractivity contribution is -0.123. The van der Waals surface area contributed by atoms with E-state index in [1.165, 1.54) is 0 Å². The van der Waals surface area contributed by atoms with E-state index in [-0.39, 0.29) is 0 Å². The van der Waals surface area contributed by atoms with E-state index in [1.54, 1.807) is 21.0 Å². The lowest BCUT2D eigenvalue weighted by Gasteiger charge is -2.23. The van der Waals surface area contributed by atoms with Crippen LogP contribution in [-0.2, 0) is 11.3 Å². The van der Waals surface area contributed by atoms with Gasteiger partial charge in [0.05, 0.1) is 23.7 Å². The minimum atomic E-state index is -0.767. The van der Waals surface area contributed by atoms with E-state index in [2.05, 4.69) is 21.2 Å². The van der Waals surface area contributed by atoms with Crippen molar-refractivity contribution in [2.24, 2.45) is 5.73 Å². The molecule has 0 aliphatic rings. The van der Waals surface area contributed by atoms with Gasteiger partial charge in [-0.05, 0) is 53.9 Å². The van der Waals surface area contributed by atoms with Crippen molar-refractivity contribution in [3.63, 3.8) is 0 Å². The molecule has 1 aromatic carbocycles. The first kappa shape index (κ1) is 17.8. The smallest absolute Gasteiger partial charge is 0.237 e. The Balaban J connectivity index is 2.90. The van der Waals surface area contributed by atoms with Gasteiger partial charge in [0.1, 0.15) is 0 Å². The van der Waals surface area contributed by atoms with Crippen molar-refractivity contribution in [2.75, 3.05) is 13.7 Å². The number of halogens is 1. The zero-order valence-corrected chi connectivity index (χ0v) is 14.5. The Morgan fingerprint density at radius 3 is 2.62 bits per heavy atom. The highest BCUT2D eigenvalue weighted by molar-refractivity contribution is 9.10. The zero-order chi connectivity index (χ0) is 16.0. The number of amides is 1. The summed E-state index contributed by atoms with van der Waals surface area (Å²) in [5, 5.41) is 3.12. The maximum absolute atomic E-state index is 11.3. The standard InChI is InChI=1S/C15H23BrN2O3/c1-5-6-21-13-11(16)7-10(8-12(13)20-4)9-18-15(2,3)14(17)19/h7-8,18H,5-6,9H2,1-4H3,(H2,17,19). The summed E-state index contributed by atoms with van der Waals surface area (Å²) in [6.07, 6.45) is 0.922. The second kappa shape index (κ2) is 7.66. The molecule has 118 valence electrons. The lowest BCUT2D eigenvalue weighted by Crippen LogP contribution is -2.50. The molecular formula is C15H23BrN2O3. The molecule has 0 radical (unpaired) electrons. The third kappa shape index (κ3) is 4.89. The van der Waals surface area contributed by atoms with Crippen LogP contribution in [0.3, 0.4) is 0 Å². The van der Waals surface area contributed by atoms with E-state index in [0.717, 1.165) is 16.5 Å². The first-order valence-corrected chi connectivity index (χ1v) is 7.65. The van der Waals surface area contributed by atoms with Crippen LogP contribution >= 0.6 is 15.9 Å². The first-order chi connectivity index (χ1) is 9.81. The Hall–Kier alpha value is -1.27. The highest BCUT2D eigenvalue weighted by atomic mass is 79.9. The summed E-state index contributed by atoms with van der Waals surface area (Å²) < 4.78 is 11.9. The van der Waals surface area contributed by atoms with Gasteiger partial charge in [-0.3, -0.25) is 10.1 Å². The van der Waals surface area contributed by atoms with Gasteiger partial charge >= 0.3 is 0 Å². The molecule has 0 bridgehead atoms. The summed E-state index contributed by atoms with van der Waals surface area (Å²) in [6, 6.07) is 3.83. The molecule has 0 saturated heterocycles. The number of methoxy groups -OCH3 is 1.